The van der Waals surface area contributed by atoms with Gasteiger partial charge < -0.3 is 5.73 Å². The topological polar surface area (TPSA) is 26.0 Å². The Morgan fingerprint density at radius 1 is 1.33 bits per heavy atom. The van der Waals surface area contributed by atoms with Gasteiger partial charge in [-0.2, -0.15) is 0 Å². The summed E-state index contributed by atoms with van der Waals surface area (Å²) < 4.78 is 0. The zero-order valence-electron chi connectivity index (χ0n) is 9.12. The molecule has 3 atom stereocenters. The van der Waals surface area contributed by atoms with E-state index < -0.39 is 0 Å². The molecule has 0 saturated heterocycles. The summed E-state index contributed by atoms with van der Waals surface area (Å²) in [4.78, 5) is 0. The minimum atomic E-state index is 0.114. The SMILES string of the molecule is CC1CCC(C(N)c2ccccc2Cl)C1. The standard InChI is InChI=1S/C13H18ClN/c1-9-6-7-10(8-9)13(15)11-4-2-3-5-12(11)14/h2-5,9-10,13H,6-8,15H2,1H3. The number of rotatable bonds is 2. The number of hydrogen-bond acceptors (Lipinski definition) is 1. The van der Waals surface area contributed by atoms with Crippen molar-refractivity contribution in [3.8, 4) is 0 Å². The molecule has 0 aromatic heterocycles. The summed E-state index contributed by atoms with van der Waals surface area (Å²) >= 11 is 6.15. The van der Waals surface area contributed by atoms with E-state index in [0.29, 0.717) is 5.92 Å². The lowest BCUT2D eigenvalue weighted by atomic mass is 9.92. The van der Waals surface area contributed by atoms with Crippen LogP contribution in [-0.4, -0.2) is 0 Å². The maximum absolute atomic E-state index is 6.28. The Hall–Kier alpha value is -0.530. The second-order valence-corrected chi connectivity index (χ2v) is 5.13. The van der Waals surface area contributed by atoms with Gasteiger partial charge in [0, 0.05) is 11.1 Å². The van der Waals surface area contributed by atoms with Crippen molar-refractivity contribution in [1.82, 2.24) is 0 Å². The fourth-order valence-electron chi connectivity index (χ4n) is 2.58. The lowest BCUT2D eigenvalue weighted by Gasteiger charge is -2.20. The van der Waals surface area contributed by atoms with E-state index >= 15 is 0 Å². The Kier molecular flexibility index (Phi) is 3.32. The first-order valence-corrected chi connectivity index (χ1v) is 6.06. The van der Waals surface area contributed by atoms with Crippen molar-refractivity contribution in [1.29, 1.82) is 0 Å². The van der Waals surface area contributed by atoms with Crippen LogP contribution in [0.5, 0.6) is 0 Å². The predicted molar refractivity (Wildman–Crippen MR) is 64.9 cm³/mol. The largest absolute Gasteiger partial charge is 0.324 e. The molecule has 1 aromatic carbocycles. The Labute approximate surface area is 96.6 Å². The van der Waals surface area contributed by atoms with Crippen molar-refractivity contribution in [2.75, 3.05) is 0 Å². The summed E-state index contributed by atoms with van der Waals surface area (Å²) in [5.41, 5.74) is 7.39. The number of halogens is 1. The molecule has 0 bridgehead atoms. The third-order valence-electron chi connectivity index (χ3n) is 3.51. The summed E-state index contributed by atoms with van der Waals surface area (Å²) in [5, 5.41) is 0.810. The maximum Gasteiger partial charge on any atom is 0.0453 e. The molecule has 1 nitrogen and oxygen atoms in total. The van der Waals surface area contributed by atoms with Gasteiger partial charge in [-0.15, -0.1) is 0 Å². The highest BCUT2D eigenvalue weighted by Gasteiger charge is 2.28. The quantitative estimate of drug-likeness (QED) is 0.812. The first-order chi connectivity index (χ1) is 7.18. The molecular formula is C13H18ClN. The number of hydrogen-bond donors (Lipinski definition) is 1. The van der Waals surface area contributed by atoms with Gasteiger partial charge >= 0.3 is 0 Å². The van der Waals surface area contributed by atoms with E-state index in [0.717, 1.165) is 16.5 Å². The van der Waals surface area contributed by atoms with Gasteiger partial charge in [-0.05, 0) is 36.3 Å². The van der Waals surface area contributed by atoms with E-state index in [1.54, 1.807) is 0 Å². The molecule has 82 valence electrons. The van der Waals surface area contributed by atoms with E-state index in [4.69, 9.17) is 17.3 Å². The van der Waals surface area contributed by atoms with Crippen LogP contribution in [0.3, 0.4) is 0 Å². The smallest absolute Gasteiger partial charge is 0.0453 e. The fourth-order valence-corrected chi connectivity index (χ4v) is 2.84. The molecule has 0 radical (unpaired) electrons. The molecule has 1 fully saturated rings. The van der Waals surface area contributed by atoms with E-state index in [1.807, 2.05) is 18.2 Å². The van der Waals surface area contributed by atoms with Crippen LogP contribution in [0.15, 0.2) is 24.3 Å². The highest BCUT2D eigenvalue weighted by molar-refractivity contribution is 6.31. The molecule has 0 heterocycles. The minimum absolute atomic E-state index is 0.114. The van der Waals surface area contributed by atoms with Crippen LogP contribution < -0.4 is 5.73 Å². The second-order valence-electron chi connectivity index (χ2n) is 4.73. The van der Waals surface area contributed by atoms with Crippen LogP contribution in [-0.2, 0) is 0 Å². The van der Waals surface area contributed by atoms with Crippen molar-refractivity contribution < 1.29 is 0 Å². The molecule has 2 rings (SSSR count). The van der Waals surface area contributed by atoms with Gasteiger partial charge in [-0.25, -0.2) is 0 Å². The molecule has 1 aliphatic rings. The first-order valence-electron chi connectivity index (χ1n) is 5.68. The van der Waals surface area contributed by atoms with Crippen molar-refractivity contribution in [3.05, 3.63) is 34.9 Å². The second kappa shape index (κ2) is 4.54. The normalized spacial score (nSPS) is 27.9. The lowest BCUT2D eigenvalue weighted by molar-refractivity contribution is 0.429. The first kappa shape index (κ1) is 11.0. The van der Waals surface area contributed by atoms with E-state index in [2.05, 4.69) is 13.0 Å². The molecule has 15 heavy (non-hydrogen) atoms. The maximum atomic E-state index is 6.28. The average molecular weight is 224 g/mol. The van der Waals surface area contributed by atoms with Gasteiger partial charge in [0.25, 0.3) is 0 Å². The molecule has 0 amide bonds. The molecule has 2 N–H and O–H groups in total. The molecule has 0 spiro atoms. The van der Waals surface area contributed by atoms with Crippen LogP contribution in [0.25, 0.3) is 0 Å². The molecule has 1 aromatic rings. The van der Waals surface area contributed by atoms with Crippen LogP contribution in [0.2, 0.25) is 5.02 Å². The molecule has 1 saturated carbocycles. The van der Waals surface area contributed by atoms with Crippen molar-refractivity contribution >= 4 is 11.6 Å². The van der Waals surface area contributed by atoms with Gasteiger partial charge in [-0.1, -0.05) is 43.1 Å². The van der Waals surface area contributed by atoms with Crippen LogP contribution in [0.1, 0.15) is 37.8 Å². The van der Waals surface area contributed by atoms with Crippen LogP contribution in [0, 0.1) is 11.8 Å². The minimum Gasteiger partial charge on any atom is -0.324 e. The van der Waals surface area contributed by atoms with Crippen molar-refractivity contribution in [2.24, 2.45) is 17.6 Å². The summed E-state index contributed by atoms with van der Waals surface area (Å²) in [6.07, 6.45) is 3.79. The molecule has 1 aliphatic carbocycles. The van der Waals surface area contributed by atoms with E-state index in [1.165, 1.54) is 19.3 Å². The third-order valence-corrected chi connectivity index (χ3v) is 3.85. The summed E-state index contributed by atoms with van der Waals surface area (Å²) in [6, 6.07) is 8.06. The van der Waals surface area contributed by atoms with Gasteiger partial charge in [0.2, 0.25) is 0 Å². The Balaban J connectivity index is 2.14. The molecule has 0 aliphatic heterocycles. The summed E-state index contributed by atoms with van der Waals surface area (Å²) in [7, 11) is 0. The molecule has 3 unspecified atom stereocenters. The summed E-state index contributed by atoms with van der Waals surface area (Å²) in [6.45, 7) is 2.30. The van der Waals surface area contributed by atoms with Gasteiger partial charge in [0.05, 0.1) is 0 Å². The fraction of sp³-hybridized carbons (Fsp3) is 0.538. The van der Waals surface area contributed by atoms with Crippen molar-refractivity contribution in [2.45, 2.75) is 32.2 Å². The summed E-state index contributed by atoms with van der Waals surface area (Å²) in [5.74, 6) is 1.43. The van der Waals surface area contributed by atoms with Gasteiger partial charge in [0.1, 0.15) is 0 Å². The molecular weight excluding hydrogens is 206 g/mol. The monoisotopic (exact) mass is 223 g/mol. The van der Waals surface area contributed by atoms with Gasteiger partial charge in [0.15, 0.2) is 0 Å². The number of benzene rings is 1. The Morgan fingerprint density at radius 3 is 2.67 bits per heavy atom. The van der Waals surface area contributed by atoms with E-state index in [9.17, 15) is 0 Å². The average Bonchev–Trinajstić information content (AvgIpc) is 2.65. The van der Waals surface area contributed by atoms with E-state index in [-0.39, 0.29) is 6.04 Å². The lowest BCUT2D eigenvalue weighted by Crippen LogP contribution is -2.19. The number of nitrogens with two attached hydrogens (primary N) is 1. The Morgan fingerprint density at radius 2 is 2.07 bits per heavy atom. The third kappa shape index (κ3) is 2.35. The highest BCUT2D eigenvalue weighted by atomic mass is 35.5. The zero-order valence-corrected chi connectivity index (χ0v) is 9.87. The van der Waals surface area contributed by atoms with Crippen LogP contribution >= 0.6 is 11.6 Å². The predicted octanol–water partition coefficient (Wildman–Crippen LogP) is 3.78. The zero-order chi connectivity index (χ0) is 10.8. The molecule has 2 heteroatoms. The van der Waals surface area contributed by atoms with Crippen molar-refractivity contribution in [3.63, 3.8) is 0 Å². The highest BCUT2D eigenvalue weighted by Crippen LogP contribution is 2.39. The van der Waals surface area contributed by atoms with Crippen LogP contribution in [0.4, 0.5) is 0 Å². The Bertz CT molecular complexity index is 337. The van der Waals surface area contributed by atoms with Gasteiger partial charge in [-0.3, -0.25) is 0 Å².